The van der Waals surface area contributed by atoms with Crippen molar-refractivity contribution >= 4 is 0 Å². The van der Waals surface area contributed by atoms with Gasteiger partial charge in [0.2, 0.25) is 0 Å². The van der Waals surface area contributed by atoms with E-state index in [9.17, 15) is 0 Å². The highest BCUT2D eigenvalue weighted by molar-refractivity contribution is 5.44. The fourth-order valence-corrected chi connectivity index (χ4v) is 2.02. The molecule has 3 nitrogen and oxygen atoms in total. The van der Waals surface area contributed by atoms with Crippen LogP contribution in [0, 0.1) is 6.92 Å². The van der Waals surface area contributed by atoms with Gasteiger partial charge in [-0.05, 0) is 49.1 Å². The van der Waals surface area contributed by atoms with Crippen molar-refractivity contribution in [1.29, 1.82) is 0 Å². The molecule has 1 N–H and O–H groups in total. The van der Waals surface area contributed by atoms with Crippen molar-refractivity contribution in [2.24, 2.45) is 0 Å². The standard InChI is InChI=1S/C15H25NO2/c1-11(2)14-9-13(6-7-16(4)10-17)12(3)8-15(14)18-5/h8-9,11,17H,6-7,10H2,1-5H3. The van der Waals surface area contributed by atoms with Crippen molar-refractivity contribution in [3.63, 3.8) is 0 Å². The zero-order valence-electron chi connectivity index (χ0n) is 12.2. The lowest BCUT2D eigenvalue weighted by Gasteiger charge is -2.18. The lowest BCUT2D eigenvalue weighted by Crippen LogP contribution is -2.22. The summed E-state index contributed by atoms with van der Waals surface area (Å²) in [4.78, 5) is 1.90. The number of nitrogens with zero attached hydrogens (tertiary/aromatic N) is 1. The van der Waals surface area contributed by atoms with E-state index in [4.69, 9.17) is 9.84 Å². The molecule has 0 aliphatic rings. The fourth-order valence-electron chi connectivity index (χ4n) is 2.02. The molecule has 0 amide bonds. The van der Waals surface area contributed by atoms with Gasteiger partial charge in [0.15, 0.2) is 0 Å². The Kier molecular flexibility index (Phi) is 5.63. The molecule has 0 saturated heterocycles. The summed E-state index contributed by atoms with van der Waals surface area (Å²) in [6.45, 7) is 7.43. The molecule has 0 unspecified atom stereocenters. The van der Waals surface area contributed by atoms with Crippen LogP contribution in [-0.2, 0) is 6.42 Å². The average Bonchev–Trinajstić information content (AvgIpc) is 2.35. The van der Waals surface area contributed by atoms with Gasteiger partial charge in [0.1, 0.15) is 5.75 Å². The maximum Gasteiger partial charge on any atom is 0.122 e. The number of ether oxygens (including phenoxy) is 1. The number of likely N-dealkylation sites (N-methyl/N-ethyl adjacent to an activating group) is 1. The molecular weight excluding hydrogens is 226 g/mol. The Morgan fingerprint density at radius 2 is 2.00 bits per heavy atom. The smallest absolute Gasteiger partial charge is 0.122 e. The maximum atomic E-state index is 9.01. The number of hydrogen-bond acceptors (Lipinski definition) is 3. The summed E-state index contributed by atoms with van der Waals surface area (Å²) in [5, 5.41) is 9.01. The lowest BCUT2D eigenvalue weighted by molar-refractivity contribution is 0.134. The van der Waals surface area contributed by atoms with E-state index in [1.807, 2.05) is 11.9 Å². The Labute approximate surface area is 110 Å². The lowest BCUT2D eigenvalue weighted by atomic mass is 9.95. The Balaban J connectivity index is 2.95. The Hall–Kier alpha value is -1.06. The second-order valence-corrected chi connectivity index (χ2v) is 5.15. The SMILES string of the molecule is COc1cc(C)c(CCN(C)CO)cc1C(C)C. The van der Waals surface area contributed by atoms with E-state index in [1.54, 1.807) is 7.11 Å². The highest BCUT2D eigenvalue weighted by Gasteiger charge is 2.11. The molecule has 0 saturated carbocycles. The quantitative estimate of drug-likeness (QED) is 0.789. The van der Waals surface area contributed by atoms with Crippen molar-refractivity contribution < 1.29 is 9.84 Å². The molecule has 0 bridgehead atoms. The zero-order chi connectivity index (χ0) is 13.7. The first-order valence-electron chi connectivity index (χ1n) is 6.46. The number of hydrogen-bond donors (Lipinski definition) is 1. The van der Waals surface area contributed by atoms with Gasteiger partial charge in [-0.1, -0.05) is 19.9 Å². The normalized spacial score (nSPS) is 11.3. The zero-order valence-corrected chi connectivity index (χ0v) is 12.2. The van der Waals surface area contributed by atoms with Gasteiger partial charge in [-0.3, -0.25) is 4.90 Å². The van der Waals surface area contributed by atoms with E-state index in [2.05, 4.69) is 32.9 Å². The Bertz CT molecular complexity index is 388. The third-order valence-corrected chi connectivity index (χ3v) is 3.31. The monoisotopic (exact) mass is 251 g/mol. The van der Waals surface area contributed by atoms with Crippen LogP contribution in [0.25, 0.3) is 0 Å². The van der Waals surface area contributed by atoms with Crippen LogP contribution in [0.15, 0.2) is 12.1 Å². The minimum atomic E-state index is 0.103. The molecule has 0 heterocycles. The highest BCUT2D eigenvalue weighted by Crippen LogP contribution is 2.29. The number of benzene rings is 1. The third-order valence-electron chi connectivity index (χ3n) is 3.31. The molecule has 0 aliphatic carbocycles. The van der Waals surface area contributed by atoms with Crippen LogP contribution in [0.3, 0.4) is 0 Å². The highest BCUT2D eigenvalue weighted by atomic mass is 16.5. The van der Waals surface area contributed by atoms with Crippen LogP contribution < -0.4 is 4.74 Å². The first-order valence-corrected chi connectivity index (χ1v) is 6.46. The molecule has 0 aliphatic heterocycles. The van der Waals surface area contributed by atoms with Crippen LogP contribution in [0.2, 0.25) is 0 Å². The predicted molar refractivity (Wildman–Crippen MR) is 75.2 cm³/mol. The minimum absolute atomic E-state index is 0.103. The summed E-state index contributed by atoms with van der Waals surface area (Å²) in [5.74, 6) is 1.43. The van der Waals surface area contributed by atoms with E-state index in [1.165, 1.54) is 16.7 Å². The van der Waals surface area contributed by atoms with Gasteiger partial charge in [-0.15, -0.1) is 0 Å². The molecule has 1 aromatic carbocycles. The molecular formula is C15H25NO2. The van der Waals surface area contributed by atoms with E-state index in [0.29, 0.717) is 5.92 Å². The first kappa shape index (κ1) is 15.0. The minimum Gasteiger partial charge on any atom is -0.496 e. The predicted octanol–water partition coefficient (Wildman–Crippen LogP) is 2.55. The summed E-state index contributed by atoms with van der Waals surface area (Å²) < 4.78 is 5.44. The molecule has 102 valence electrons. The molecule has 0 spiro atoms. The molecule has 1 aromatic rings. The van der Waals surface area contributed by atoms with E-state index in [0.717, 1.165) is 18.7 Å². The van der Waals surface area contributed by atoms with Crippen molar-refractivity contribution in [1.82, 2.24) is 4.90 Å². The second kappa shape index (κ2) is 6.76. The van der Waals surface area contributed by atoms with Gasteiger partial charge >= 0.3 is 0 Å². The van der Waals surface area contributed by atoms with Gasteiger partial charge in [-0.25, -0.2) is 0 Å². The average molecular weight is 251 g/mol. The summed E-state index contributed by atoms with van der Waals surface area (Å²) in [5.41, 5.74) is 3.84. The topological polar surface area (TPSA) is 32.7 Å². The van der Waals surface area contributed by atoms with E-state index < -0.39 is 0 Å². The van der Waals surface area contributed by atoms with Gasteiger partial charge in [0.05, 0.1) is 13.8 Å². The van der Waals surface area contributed by atoms with Crippen LogP contribution in [-0.4, -0.2) is 37.4 Å². The summed E-state index contributed by atoms with van der Waals surface area (Å²) in [7, 11) is 3.64. The van der Waals surface area contributed by atoms with Crippen LogP contribution in [0.4, 0.5) is 0 Å². The van der Waals surface area contributed by atoms with Gasteiger partial charge < -0.3 is 9.84 Å². The van der Waals surface area contributed by atoms with Crippen LogP contribution >= 0.6 is 0 Å². The van der Waals surface area contributed by atoms with Crippen LogP contribution in [0.1, 0.15) is 36.5 Å². The number of aliphatic hydroxyl groups excluding tert-OH is 1. The fraction of sp³-hybridized carbons (Fsp3) is 0.600. The largest absolute Gasteiger partial charge is 0.496 e. The Morgan fingerprint density at radius 3 is 2.50 bits per heavy atom. The number of rotatable bonds is 6. The summed E-state index contributed by atoms with van der Waals surface area (Å²) in [6.07, 6.45) is 0.951. The third kappa shape index (κ3) is 3.72. The maximum absolute atomic E-state index is 9.01. The molecule has 0 fully saturated rings. The number of methoxy groups -OCH3 is 1. The van der Waals surface area contributed by atoms with E-state index >= 15 is 0 Å². The van der Waals surface area contributed by atoms with Gasteiger partial charge in [0, 0.05) is 6.54 Å². The molecule has 1 rings (SSSR count). The van der Waals surface area contributed by atoms with Crippen LogP contribution in [0.5, 0.6) is 5.75 Å². The van der Waals surface area contributed by atoms with Crippen molar-refractivity contribution in [2.45, 2.75) is 33.1 Å². The molecule has 3 heteroatoms. The summed E-state index contributed by atoms with van der Waals surface area (Å²) in [6, 6.07) is 4.35. The second-order valence-electron chi connectivity index (χ2n) is 5.15. The first-order chi connectivity index (χ1) is 8.49. The molecule has 0 aromatic heterocycles. The molecule has 0 atom stereocenters. The number of aryl methyl sites for hydroxylation is 1. The van der Waals surface area contributed by atoms with Gasteiger partial charge in [0.25, 0.3) is 0 Å². The van der Waals surface area contributed by atoms with Crippen molar-refractivity contribution in [3.8, 4) is 5.75 Å². The van der Waals surface area contributed by atoms with E-state index in [-0.39, 0.29) is 6.73 Å². The molecule has 0 radical (unpaired) electrons. The van der Waals surface area contributed by atoms with Crippen molar-refractivity contribution in [3.05, 3.63) is 28.8 Å². The number of aliphatic hydroxyl groups is 1. The van der Waals surface area contributed by atoms with Crippen molar-refractivity contribution in [2.75, 3.05) is 27.4 Å². The van der Waals surface area contributed by atoms with Gasteiger partial charge in [-0.2, -0.15) is 0 Å². The summed E-state index contributed by atoms with van der Waals surface area (Å²) >= 11 is 0. The Morgan fingerprint density at radius 1 is 1.33 bits per heavy atom. The molecule has 18 heavy (non-hydrogen) atoms.